The van der Waals surface area contributed by atoms with E-state index in [1.54, 1.807) is 11.8 Å². The van der Waals surface area contributed by atoms with Crippen LogP contribution in [0, 0.1) is 0 Å². The summed E-state index contributed by atoms with van der Waals surface area (Å²) in [6, 6.07) is 15.5. The number of oxazole rings is 1. The van der Waals surface area contributed by atoms with Crippen LogP contribution in [0.5, 0.6) is 5.75 Å². The molecule has 6 heteroatoms. The Hall–Kier alpha value is -1.62. The first-order valence-electron chi connectivity index (χ1n) is 7.84. The predicted molar refractivity (Wildman–Crippen MR) is 104 cm³/mol. The summed E-state index contributed by atoms with van der Waals surface area (Å²) in [5.74, 6) is 1.66. The number of aromatic nitrogens is 1. The maximum absolute atomic E-state index is 5.96. The van der Waals surface area contributed by atoms with Crippen molar-refractivity contribution in [1.29, 1.82) is 0 Å². The molecule has 0 saturated heterocycles. The number of para-hydroxylation sites is 1. The van der Waals surface area contributed by atoms with Gasteiger partial charge in [0.2, 0.25) is 0 Å². The van der Waals surface area contributed by atoms with E-state index in [1.807, 2.05) is 48.7 Å². The number of ether oxygens (including phenoxy) is 1. The summed E-state index contributed by atoms with van der Waals surface area (Å²) in [7, 11) is 0. The van der Waals surface area contributed by atoms with Crippen LogP contribution in [0.15, 0.2) is 57.8 Å². The Morgan fingerprint density at radius 1 is 1.08 bits per heavy atom. The molecule has 3 aromatic rings. The SMILES string of the molecule is CSc1ccccc1OCCCc1oc(Cl)nc1-c1ccc(Cl)cc1. The van der Waals surface area contributed by atoms with Crippen molar-refractivity contribution in [3.05, 3.63) is 64.7 Å². The lowest BCUT2D eigenvalue weighted by molar-refractivity contribution is 0.299. The summed E-state index contributed by atoms with van der Waals surface area (Å²) in [5, 5.41) is 0.828. The molecule has 0 aliphatic rings. The molecule has 0 unspecified atom stereocenters. The first-order chi connectivity index (χ1) is 12.2. The molecule has 25 heavy (non-hydrogen) atoms. The van der Waals surface area contributed by atoms with Crippen molar-refractivity contribution in [1.82, 2.24) is 4.98 Å². The molecule has 0 N–H and O–H groups in total. The minimum Gasteiger partial charge on any atom is -0.492 e. The largest absolute Gasteiger partial charge is 0.492 e. The summed E-state index contributed by atoms with van der Waals surface area (Å²) in [4.78, 5) is 5.42. The minimum atomic E-state index is 0.147. The van der Waals surface area contributed by atoms with Gasteiger partial charge >= 0.3 is 0 Å². The fraction of sp³-hybridized carbons (Fsp3) is 0.211. The highest BCUT2D eigenvalue weighted by atomic mass is 35.5. The van der Waals surface area contributed by atoms with Crippen LogP contribution < -0.4 is 4.74 Å². The lowest BCUT2D eigenvalue weighted by atomic mass is 10.1. The lowest BCUT2D eigenvalue weighted by Crippen LogP contribution is -2.00. The van der Waals surface area contributed by atoms with Gasteiger partial charge < -0.3 is 9.15 Å². The highest BCUT2D eigenvalue weighted by Gasteiger charge is 2.14. The molecule has 0 amide bonds. The van der Waals surface area contributed by atoms with E-state index in [-0.39, 0.29) is 5.35 Å². The van der Waals surface area contributed by atoms with E-state index in [2.05, 4.69) is 11.1 Å². The molecule has 0 atom stereocenters. The van der Waals surface area contributed by atoms with Crippen molar-refractivity contribution in [2.24, 2.45) is 0 Å². The van der Waals surface area contributed by atoms with Crippen molar-refractivity contribution < 1.29 is 9.15 Å². The van der Waals surface area contributed by atoms with Crippen LogP contribution in [0.4, 0.5) is 0 Å². The second-order valence-corrected chi connectivity index (χ2v) is 6.96. The van der Waals surface area contributed by atoms with Crippen molar-refractivity contribution in [3.8, 4) is 17.0 Å². The van der Waals surface area contributed by atoms with Gasteiger partial charge in [-0.1, -0.05) is 35.9 Å². The van der Waals surface area contributed by atoms with Crippen LogP contribution >= 0.6 is 35.0 Å². The third-order valence-electron chi connectivity index (χ3n) is 3.66. The van der Waals surface area contributed by atoms with E-state index >= 15 is 0 Å². The number of thioether (sulfide) groups is 1. The van der Waals surface area contributed by atoms with Gasteiger partial charge in [0.15, 0.2) is 0 Å². The van der Waals surface area contributed by atoms with Crippen LogP contribution in [0.25, 0.3) is 11.3 Å². The zero-order valence-electron chi connectivity index (χ0n) is 13.7. The average molecular weight is 394 g/mol. The van der Waals surface area contributed by atoms with Crippen molar-refractivity contribution in [2.45, 2.75) is 17.7 Å². The Labute approximate surface area is 161 Å². The highest BCUT2D eigenvalue weighted by Crippen LogP contribution is 2.29. The van der Waals surface area contributed by atoms with Gasteiger partial charge in [-0.25, -0.2) is 0 Å². The zero-order chi connectivity index (χ0) is 17.6. The first kappa shape index (κ1) is 18.2. The van der Waals surface area contributed by atoms with E-state index in [9.17, 15) is 0 Å². The molecule has 0 bridgehead atoms. The van der Waals surface area contributed by atoms with Crippen LogP contribution in [-0.4, -0.2) is 17.8 Å². The van der Waals surface area contributed by atoms with Gasteiger partial charge in [0.25, 0.3) is 5.35 Å². The molecule has 0 saturated carbocycles. The monoisotopic (exact) mass is 393 g/mol. The number of rotatable bonds is 7. The van der Waals surface area contributed by atoms with E-state index in [0.29, 0.717) is 18.1 Å². The van der Waals surface area contributed by atoms with Crippen LogP contribution in [0.3, 0.4) is 0 Å². The van der Waals surface area contributed by atoms with Gasteiger partial charge in [0.1, 0.15) is 17.2 Å². The summed E-state index contributed by atoms with van der Waals surface area (Å²) in [6.07, 6.45) is 3.53. The Kier molecular flexibility index (Phi) is 6.29. The molecule has 1 heterocycles. The second-order valence-electron chi connectivity index (χ2n) is 5.35. The van der Waals surface area contributed by atoms with Gasteiger partial charge in [0, 0.05) is 21.9 Å². The fourth-order valence-corrected chi connectivity index (χ4v) is 3.33. The average Bonchev–Trinajstić information content (AvgIpc) is 3.00. The summed E-state index contributed by atoms with van der Waals surface area (Å²) < 4.78 is 11.4. The van der Waals surface area contributed by atoms with Gasteiger partial charge in [-0.2, -0.15) is 4.98 Å². The number of halogens is 2. The first-order valence-corrected chi connectivity index (χ1v) is 9.82. The Morgan fingerprint density at radius 2 is 1.84 bits per heavy atom. The number of aryl methyl sites for hydroxylation is 1. The van der Waals surface area contributed by atoms with Gasteiger partial charge in [0.05, 0.1) is 6.61 Å². The molecule has 2 aromatic carbocycles. The van der Waals surface area contributed by atoms with Gasteiger partial charge in [-0.3, -0.25) is 0 Å². The van der Waals surface area contributed by atoms with Crippen LogP contribution in [-0.2, 0) is 6.42 Å². The predicted octanol–water partition coefficient (Wildman–Crippen LogP) is 6.38. The summed E-state index contributed by atoms with van der Waals surface area (Å²) >= 11 is 13.6. The fourth-order valence-electron chi connectivity index (χ4n) is 2.48. The van der Waals surface area contributed by atoms with Gasteiger partial charge in [-0.15, -0.1) is 11.8 Å². The third kappa shape index (κ3) is 4.72. The molecule has 0 radical (unpaired) electrons. The topological polar surface area (TPSA) is 35.3 Å². The summed E-state index contributed by atoms with van der Waals surface area (Å²) in [5.41, 5.74) is 1.69. The lowest BCUT2D eigenvalue weighted by Gasteiger charge is -2.09. The second kappa shape index (κ2) is 8.65. The van der Waals surface area contributed by atoms with E-state index < -0.39 is 0 Å². The molecular formula is C19H17Cl2NO2S. The Morgan fingerprint density at radius 3 is 2.60 bits per heavy atom. The maximum atomic E-state index is 5.96. The molecule has 130 valence electrons. The quantitative estimate of drug-likeness (QED) is 0.344. The molecular weight excluding hydrogens is 377 g/mol. The number of nitrogens with zero attached hydrogens (tertiary/aromatic N) is 1. The molecule has 0 spiro atoms. The Balaban J connectivity index is 1.63. The molecule has 3 rings (SSSR count). The van der Waals surface area contributed by atoms with E-state index in [4.69, 9.17) is 32.4 Å². The number of hydrogen-bond acceptors (Lipinski definition) is 4. The molecule has 0 fully saturated rings. The van der Waals surface area contributed by atoms with Crippen molar-refractivity contribution >= 4 is 35.0 Å². The third-order valence-corrected chi connectivity index (χ3v) is 4.85. The summed E-state index contributed by atoms with van der Waals surface area (Å²) in [6.45, 7) is 0.593. The standard InChI is InChI=1S/C19H17Cl2NO2S/c1-25-17-7-3-2-5-15(17)23-12-4-6-16-18(22-19(21)24-16)13-8-10-14(20)11-9-13/h2-3,5,7-11H,4,6,12H2,1H3. The number of benzene rings is 2. The molecule has 0 aliphatic heterocycles. The smallest absolute Gasteiger partial charge is 0.292 e. The minimum absolute atomic E-state index is 0.147. The van der Waals surface area contributed by atoms with Crippen LogP contribution in [0.1, 0.15) is 12.2 Å². The van der Waals surface area contributed by atoms with E-state index in [0.717, 1.165) is 34.1 Å². The molecule has 1 aromatic heterocycles. The molecule has 0 aliphatic carbocycles. The van der Waals surface area contributed by atoms with Gasteiger partial charge in [-0.05, 0) is 48.5 Å². The zero-order valence-corrected chi connectivity index (χ0v) is 16.0. The van der Waals surface area contributed by atoms with Crippen molar-refractivity contribution in [3.63, 3.8) is 0 Å². The molecule has 3 nitrogen and oxygen atoms in total. The highest BCUT2D eigenvalue weighted by molar-refractivity contribution is 7.98. The van der Waals surface area contributed by atoms with E-state index in [1.165, 1.54) is 0 Å². The number of hydrogen-bond donors (Lipinski definition) is 0. The van der Waals surface area contributed by atoms with Crippen LogP contribution in [0.2, 0.25) is 10.4 Å². The maximum Gasteiger partial charge on any atom is 0.292 e. The van der Waals surface area contributed by atoms with Crippen molar-refractivity contribution in [2.75, 3.05) is 12.9 Å². The normalized spacial score (nSPS) is 10.8. The Bertz CT molecular complexity index is 834.